The number of carbonyl (C=O) groups excluding carboxylic acids is 1. The molecular weight excluding hydrogens is 346 g/mol. The number of nitrogens with zero attached hydrogens (tertiary/aromatic N) is 1. The van der Waals surface area contributed by atoms with Crippen LogP contribution in [-0.2, 0) is 25.1 Å². The van der Waals surface area contributed by atoms with E-state index in [-0.39, 0.29) is 0 Å². The lowest BCUT2D eigenvalue weighted by molar-refractivity contribution is -0.147. The third kappa shape index (κ3) is 3.79. The van der Waals surface area contributed by atoms with Crippen LogP contribution in [0.3, 0.4) is 0 Å². The van der Waals surface area contributed by atoms with Gasteiger partial charge >= 0.3 is 11.9 Å². The third-order valence-corrected chi connectivity index (χ3v) is 4.44. The van der Waals surface area contributed by atoms with Gasteiger partial charge in [-0.2, -0.15) is 0 Å². The summed E-state index contributed by atoms with van der Waals surface area (Å²) >= 11 is 4.68. The number of rotatable bonds is 6. The van der Waals surface area contributed by atoms with Gasteiger partial charge in [-0.15, -0.1) is 11.3 Å². The third-order valence-electron chi connectivity index (χ3n) is 2.86. The summed E-state index contributed by atoms with van der Waals surface area (Å²) in [7, 11) is 0. The number of hydrogen-bond donors (Lipinski definition) is 1. The molecule has 1 aromatic rings. The molecule has 1 atom stereocenters. The molecule has 5 nitrogen and oxygen atoms in total. The lowest BCUT2D eigenvalue weighted by Crippen LogP contribution is -2.29. The molecule has 112 valence electrons. The van der Waals surface area contributed by atoms with Gasteiger partial charge in [0.15, 0.2) is 4.32 Å². The number of aromatic nitrogens is 1. The zero-order valence-corrected chi connectivity index (χ0v) is 14.3. The average Bonchev–Trinajstić information content (AvgIpc) is 2.77. The molecule has 1 aromatic heterocycles. The van der Waals surface area contributed by atoms with Crippen LogP contribution in [0.5, 0.6) is 0 Å². The van der Waals surface area contributed by atoms with E-state index in [0.29, 0.717) is 23.7 Å². The molecule has 0 aromatic carbocycles. The van der Waals surface area contributed by atoms with Gasteiger partial charge in [-0.1, -0.05) is 15.9 Å². The highest BCUT2D eigenvalue weighted by Gasteiger charge is 2.37. The maximum atomic E-state index is 11.9. The molecule has 1 rings (SSSR count). The summed E-state index contributed by atoms with van der Waals surface area (Å²) in [5.74, 6) is -1.28. The van der Waals surface area contributed by atoms with Crippen molar-refractivity contribution < 1.29 is 19.4 Å². The van der Waals surface area contributed by atoms with Gasteiger partial charge in [0, 0.05) is 11.8 Å². The standard InChI is InChI=1S/C13H18BrNO4S/c1-5-19-11(18)13(4,14)8-7-20-9(15-8)6-12(2,3)10(16)17/h7H,5-6H2,1-4H3,(H,16,17). The van der Waals surface area contributed by atoms with Crippen molar-refractivity contribution in [3.8, 4) is 0 Å². The Bertz CT molecular complexity index is 510. The summed E-state index contributed by atoms with van der Waals surface area (Å²) in [6, 6.07) is 0. The van der Waals surface area contributed by atoms with Gasteiger partial charge in [0.25, 0.3) is 0 Å². The maximum Gasteiger partial charge on any atom is 0.328 e. The summed E-state index contributed by atoms with van der Waals surface area (Å²) in [6.45, 7) is 7.00. The Morgan fingerprint density at radius 1 is 1.45 bits per heavy atom. The SMILES string of the molecule is CCOC(=O)C(C)(Br)c1csc(CC(C)(C)C(=O)O)n1. The van der Waals surface area contributed by atoms with Crippen molar-refractivity contribution in [2.45, 2.75) is 38.4 Å². The highest BCUT2D eigenvalue weighted by atomic mass is 79.9. The van der Waals surface area contributed by atoms with Gasteiger partial charge in [-0.3, -0.25) is 9.59 Å². The van der Waals surface area contributed by atoms with Gasteiger partial charge in [-0.25, -0.2) is 4.98 Å². The monoisotopic (exact) mass is 363 g/mol. The van der Waals surface area contributed by atoms with Gasteiger partial charge in [-0.05, 0) is 27.7 Å². The molecule has 1 heterocycles. The van der Waals surface area contributed by atoms with E-state index in [4.69, 9.17) is 9.84 Å². The van der Waals surface area contributed by atoms with E-state index >= 15 is 0 Å². The second-order valence-corrected chi connectivity index (χ2v) is 7.74. The lowest BCUT2D eigenvalue weighted by Gasteiger charge is -2.18. The van der Waals surface area contributed by atoms with Crippen molar-refractivity contribution in [2.24, 2.45) is 5.41 Å². The normalized spacial score (nSPS) is 14.7. The number of aliphatic carboxylic acids is 1. The molecule has 0 aliphatic heterocycles. The molecule has 0 aliphatic rings. The Morgan fingerprint density at radius 2 is 2.05 bits per heavy atom. The summed E-state index contributed by atoms with van der Waals surface area (Å²) < 4.78 is 3.99. The van der Waals surface area contributed by atoms with E-state index < -0.39 is 21.7 Å². The summed E-state index contributed by atoms with van der Waals surface area (Å²) in [5, 5.41) is 11.6. The van der Waals surface area contributed by atoms with E-state index in [2.05, 4.69) is 20.9 Å². The first-order valence-electron chi connectivity index (χ1n) is 6.15. The Morgan fingerprint density at radius 3 is 2.55 bits per heavy atom. The molecule has 20 heavy (non-hydrogen) atoms. The Balaban J connectivity index is 2.92. The summed E-state index contributed by atoms with van der Waals surface area (Å²) in [4.78, 5) is 27.3. The van der Waals surface area contributed by atoms with Gasteiger partial charge < -0.3 is 9.84 Å². The van der Waals surface area contributed by atoms with Crippen LogP contribution in [0.2, 0.25) is 0 Å². The molecule has 0 radical (unpaired) electrons. The minimum atomic E-state index is -1.01. The summed E-state index contributed by atoms with van der Waals surface area (Å²) in [5.41, 5.74) is -0.348. The topological polar surface area (TPSA) is 76.5 Å². The van der Waals surface area contributed by atoms with E-state index in [1.54, 1.807) is 33.1 Å². The number of thiazole rings is 1. The van der Waals surface area contributed by atoms with Gasteiger partial charge in [0.05, 0.1) is 22.7 Å². The Hall–Kier alpha value is -0.950. The van der Waals surface area contributed by atoms with Crippen LogP contribution in [0.15, 0.2) is 5.38 Å². The number of esters is 1. The lowest BCUT2D eigenvalue weighted by atomic mass is 9.90. The van der Waals surface area contributed by atoms with Crippen LogP contribution in [0, 0.1) is 5.41 Å². The fourth-order valence-electron chi connectivity index (χ4n) is 1.43. The molecule has 0 saturated heterocycles. The quantitative estimate of drug-likeness (QED) is 0.620. The second-order valence-electron chi connectivity index (χ2n) is 5.22. The maximum absolute atomic E-state index is 11.9. The summed E-state index contributed by atoms with van der Waals surface area (Å²) in [6.07, 6.45) is 0.318. The molecule has 0 amide bonds. The van der Waals surface area contributed by atoms with Crippen molar-refractivity contribution >= 4 is 39.2 Å². The first kappa shape index (κ1) is 17.1. The molecule has 0 aliphatic carbocycles. The molecule has 1 unspecified atom stereocenters. The van der Waals surface area contributed by atoms with Gasteiger partial charge in [0.1, 0.15) is 0 Å². The largest absolute Gasteiger partial charge is 0.481 e. The average molecular weight is 364 g/mol. The smallest absolute Gasteiger partial charge is 0.328 e. The van der Waals surface area contributed by atoms with Crippen LogP contribution in [0.25, 0.3) is 0 Å². The van der Waals surface area contributed by atoms with Crippen molar-refractivity contribution in [1.29, 1.82) is 0 Å². The fourth-order valence-corrected chi connectivity index (χ4v) is 3.03. The van der Waals surface area contributed by atoms with E-state index in [9.17, 15) is 9.59 Å². The number of halogens is 1. The molecule has 7 heteroatoms. The van der Waals surface area contributed by atoms with E-state index in [0.717, 1.165) is 0 Å². The number of carboxylic acids is 1. The second kappa shape index (κ2) is 6.22. The van der Waals surface area contributed by atoms with Gasteiger partial charge in [0.2, 0.25) is 0 Å². The highest BCUT2D eigenvalue weighted by Crippen LogP contribution is 2.34. The first-order chi connectivity index (χ1) is 9.11. The van der Waals surface area contributed by atoms with Crippen molar-refractivity contribution in [2.75, 3.05) is 6.61 Å². The predicted octanol–water partition coefficient (Wildman–Crippen LogP) is 2.97. The van der Waals surface area contributed by atoms with Crippen molar-refractivity contribution in [3.05, 3.63) is 16.1 Å². The molecule has 1 N–H and O–H groups in total. The van der Waals surface area contributed by atoms with E-state index in [1.807, 2.05) is 0 Å². The van der Waals surface area contributed by atoms with Crippen molar-refractivity contribution in [1.82, 2.24) is 4.98 Å². The number of carbonyl (C=O) groups is 2. The fraction of sp³-hybridized carbons (Fsp3) is 0.615. The number of carboxylic acid groups (broad SMARTS) is 1. The number of alkyl halides is 1. The molecule has 0 bridgehead atoms. The molecular formula is C13H18BrNO4S. The zero-order valence-electron chi connectivity index (χ0n) is 11.9. The predicted molar refractivity (Wildman–Crippen MR) is 80.1 cm³/mol. The van der Waals surface area contributed by atoms with Crippen LogP contribution in [0.4, 0.5) is 0 Å². The van der Waals surface area contributed by atoms with Crippen LogP contribution in [-0.4, -0.2) is 28.6 Å². The van der Waals surface area contributed by atoms with Crippen LogP contribution in [0.1, 0.15) is 38.4 Å². The number of hydrogen-bond acceptors (Lipinski definition) is 5. The zero-order chi connectivity index (χ0) is 15.6. The molecule has 0 saturated carbocycles. The minimum Gasteiger partial charge on any atom is -0.481 e. The van der Waals surface area contributed by atoms with E-state index in [1.165, 1.54) is 11.3 Å². The molecule has 0 fully saturated rings. The molecule has 0 spiro atoms. The Labute approximate surface area is 130 Å². The number of ether oxygens (including phenoxy) is 1. The van der Waals surface area contributed by atoms with Crippen LogP contribution < -0.4 is 0 Å². The van der Waals surface area contributed by atoms with Crippen LogP contribution >= 0.6 is 27.3 Å². The Kier molecular flexibility index (Phi) is 5.32. The first-order valence-corrected chi connectivity index (χ1v) is 7.83. The highest BCUT2D eigenvalue weighted by molar-refractivity contribution is 9.10. The van der Waals surface area contributed by atoms with Crippen molar-refractivity contribution in [3.63, 3.8) is 0 Å². The minimum absolute atomic E-state index is 0.295.